The Kier molecular flexibility index (Phi) is 4.10. The second-order valence-electron chi connectivity index (χ2n) is 5.46. The van der Waals surface area contributed by atoms with Crippen molar-refractivity contribution in [2.24, 2.45) is 5.41 Å². The van der Waals surface area contributed by atoms with Crippen LogP contribution in [0.1, 0.15) is 35.8 Å². The molecule has 0 spiro atoms. The Morgan fingerprint density at radius 3 is 2.75 bits per heavy atom. The molecule has 2 heterocycles. The summed E-state index contributed by atoms with van der Waals surface area (Å²) in [5.74, 6) is -1.10. The van der Waals surface area contributed by atoms with Gasteiger partial charge >= 0.3 is 5.97 Å². The first kappa shape index (κ1) is 14.9. The third kappa shape index (κ3) is 2.55. The number of aryl methyl sites for hydroxylation is 1. The Morgan fingerprint density at radius 1 is 1.50 bits per heavy atom. The van der Waals surface area contributed by atoms with E-state index in [9.17, 15) is 14.7 Å². The topological polar surface area (TPSA) is 82.5 Å². The smallest absolute Gasteiger partial charge is 0.340 e. The predicted molar refractivity (Wildman–Crippen MR) is 77.4 cm³/mol. The molecule has 110 valence electrons. The highest BCUT2D eigenvalue weighted by molar-refractivity contribution is 7.11. The van der Waals surface area contributed by atoms with Gasteiger partial charge < -0.3 is 15.3 Å². The van der Waals surface area contributed by atoms with E-state index in [2.05, 4.69) is 9.69 Å². The lowest BCUT2D eigenvalue weighted by Gasteiger charge is -2.35. The highest BCUT2D eigenvalue weighted by atomic mass is 32.1. The van der Waals surface area contributed by atoms with E-state index in [1.54, 1.807) is 14.0 Å². The van der Waals surface area contributed by atoms with Crippen molar-refractivity contribution < 1.29 is 14.7 Å². The van der Waals surface area contributed by atoms with Crippen LogP contribution in [0, 0.1) is 12.3 Å². The van der Waals surface area contributed by atoms with Crippen LogP contribution in [0.3, 0.4) is 0 Å². The molecule has 1 aromatic rings. The molecular weight excluding hydrogens is 278 g/mol. The maximum Gasteiger partial charge on any atom is 0.340 e. The van der Waals surface area contributed by atoms with Crippen LogP contribution in [0.15, 0.2) is 0 Å². The summed E-state index contributed by atoms with van der Waals surface area (Å²) in [6.45, 7) is 5.11. The molecule has 1 aliphatic rings. The Labute approximate surface area is 122 Å². The molecule has 1 aromatic heterocycles. The molecule has 1 aliphatic heterocycles. The fourth-order valence-electron chi connectivity index (χ4n) is 2.57. The predicted octanol–water partition coefficient (Wildman–Crippen LogP) is 1.50. The maximum absolute atomic E-state index is 12.7. The van der Waals surface area contributed by atoms with Crippen LogP contribution in [0.5, 0.6) is 0 Å². The van der Waals surface area contributed by atoms with Crippen molar-refractivity contribution in [3.8, 4) is 0 Å². The van der Waals surface area contributed by atoms with Crippen molar-refractivity contribution in [1.82, 2.24) is 9.69 Å². The number of carboxylic acid groups (broad SMARTS) is 1. The van der Waals surface area contributed by atoms with Gasteiger partial charge in [0.2, 0.25) is 5.91 Å². The fraction of sp³-hybridized carbons (Fsp3) is 0.615. The Balaban J connectivity index is 2.29. The number of nitrogens with zero attached hydrogens (tertiary/aromatic N) is 2. The molecule has 0 saturated carbocycles. The summed E-state index contributed by atoms with van der Waals surface area (Å²) in [7, 11) is 1.63. The normalized spacial score (nSPS) is 22.6. The Hall–Kier alpha value is -1.47. The largest absolute Gasteiger partial charge is 0.478 e. The lowest BCUT2D eigenvalue weighted by Crippen LogP contribution is -2.49. The van der Waals surface area contributed by atoms with Gasteiger partial charge in [0.05, 0.1) is 11.1 Å². The average Bonchev–Trinajstić information content (AvgIpc) is 2.80. The zero-order chi connectivity index (χ0) is 14.9. The van der Waals surface area contributed by atoms with Crippen molar-refractivity contribution in [1.29, 1.82) is 0 Å². The van der Waals surface area contributed by atoms with Gasteiger partial charge in [0.15, 0.2) is 0 Å². The van der Waals surface area contributed by atoms with Crippen LogP contribution < -0.4 is 10.2 Å². The van der Waals surface area contributed by atoms with Gasteiger partial charge in [-0.1, -0.05) is 0 Å². The number of carbonyl (C=O) groups is 2. The summed E-state index contributed by atoms with van der Waals surface area (Å²) in [4.78, 5) is 25.4. The lowest BCUT2D eigenvalue weighted by atomic mass is 9.81. The highest BCUT2D eigenvalue weighted by Gasteiger charge is 2.38. The summed E-state index contributed by atoms with van der Waals surface area (Å²) < 4.78 is 4.06. The number of aromatic carboxylic acids is 1. The molecule has 2 rings (SSSR count). The van der Waals surface area contributed by atoms with E-state index < -0.39 is 11.4 Å². The quantitative estimate of drug-likeness (QED) is 0.883. The highest BCUT2D eigenvalue weighted by Crippen LogP contribution is 2.33. The molecule has 6 nitrogen and oxygen atoms in total. The molecule has 2 N–H and O–H groups in total. The first-order valence-corrected chi connectivity index (χ1v) is 7.32. The van der Waals surface area contributed by atoms with Gasteiger partial charge in [-0.3, -0.25) is 4.79 Å². The van der Waals surface area contributed by atoms with Gasteiger partial charge in [0.1, 0.15) is 10.6 Å². The van der Waals surface area contributed by atoms with E-state index in [-0.39, 0.29) is 11.5 Å². The SMILES string of the molecule is Cc1nsc(N(C)C(=O)C2(C)CCCNC2)c1C(=O)O. The molecule has 0 bridgehead atoms. The third-order valence-electron chi connectivity index (χ3n) is 3.78. The van der Waals surface area contributed by atoms with Gasteiger partial charge in [-0.2, -0.15) is 4.37 Å². The first-order chi connectivity index (χ1) is 9.37. The molecule has 20 heavy (non-hydrogen) atoms. The number of hydrogen-bond acceptors (Lipinski definition) is 5. The number of amides is 1. The van der Waals surface area contributed by atoms with Crippen LogP contribution in [-0.4, -0.2) is 41.5 Å². The van der Waals surface area contributed by atoms with E-state index in [1.165, 1.54) is 4.90 Å². The van der Waals surface area contributed by atoms with Crippen molar-refractivity contribution in [3.63, 3.8) is 0 Å². The van der Waals surface area contributed by atoms with E-state index in [1.807, 2.05) is 6.92 Å². The summed E-state index contributed by atoms with van der Waals surface area (Å²) in [5, 5.41) is 12.9. The minimum atomic E-state index is -1.04. The average molecular weight is 297 g/mol. The number of aromatic nitrogens is 1. The number of piperidine rings is 1. The second-order valence-corrected chi connectivity index (χ2v) is 6.21. The Bertz CT molecular complexity index is 535. The standard InChI is InChI=1S/C13H19N3O3S/c1-8-9(11(17)18)10(20-15-8)16(3)12(19)13(2)5-4-6-14-7-13/h14H,4-7H2,1-3H3,(H,17,18). The van der Waals surface area contributed by atoms with Crippen molar-refractivity contribution in [2.75, 3.05) is 25.0 Å². The summed E-state index contributed by atoms with van der Waals surface area (Å²) in [6.07, 6.45) is 1.76. The minimum absolute atomic E-state index is 0.0594. The van der Waals surface area contributed by atoms with Crippen LogP contribution in [-0.2, 0) is 4.79 Å². The van der Waals surface area contributed by atoms with E-state index >= 15 is 0 Å². The lowest BCUT2D eigenvalue weighted by molar-refractivity contribution is -0.127. The third-order valence-corrected chi connectivity index (χ3v) is 4.80. The van der Waals surface area contributed by atoms with Gasteiger partial charge in [-0.15, -0.1) is 0 Å². The molecule has 0 aliphatic carbocycles. The van der Waals surface area contributed by atoms with Crippen LogP contribution in [0.2, 0.25) is 0 Å². The second kappa shape index (κ2) is 5.49. The van der Waals surface area contributed by atoms with Crippen molar-refractivity contribution in [2.45, 2.75) is 26.7 Å². The maximum atomic E-state index is 12.7. The number of hydrogen-bond donors (Lipinski definition) is 2. The van der Waals surface area contributed by atoms with Crippen LogP contribution >= 0.6 is 11.5 Å². The number of carbonyl (C=O) groups excluding carboxylic acids is 1. The summed E-state index contributed by atoms with van der Waals surface area (Å²) >= 11 is 1.06. The van der Waals surface area contributed by atoms with Gasteiger partial charge in [0, 0.05) is 13.6 Å². The summed E-state index contributed by atoms with van der Waals surface area (Å²) in [6, 6.07) is 0. The molecule has 0 aromatic carbocycles. The first-order valence-electron chi connectivity index (χ1n) is 6.55. The number of anilines is 1. The van der Waals surface area contributed by atoms with Crippen LogP contribution in [0.25, 0.3) is 0 Å². The minimum Gasteiger partial charge on any atom is -0.478 e. The van der Waals surface area contributed by atoms with Gasteiger partial charge in [0.25, 0.3) is 0 Å². The van der Waals surface area contributed by atoms with Gasteiger partial charge in [-0.05, 0) is 44.8 Å². The molecule has 1 fully saturated rings. The number of nitrogens with one attached hydrogen (secondary N) is 1. The zero-order valence-electron chi connectivity index (χ0n) is 11.9. The molecule has 0 radical (unpaired) electrons. The monoisotopic (exact) mass is 297 g/mol. The number of carboxylic acids is 1. The van der Waals surface area contributed by atoms with E-state index in [0.717, 1.165) is 30.9 Å². The van der Waals surface area contributed by atoms with Crippen molar-refractivity contribution >= 4 is 28.4 Å². The van der Waals surface area contributed by atoms with E-state index in [4.69, 9.17) is 0 Å². The zero-order valence-corrected chi connectivity index (χ0v) is 12.7. The Morgan fingerprint density at radius 2 is 2.20 bits per heavy atom. The number of rotatable bonds is 3. The molecular formula is C13H19N3O3S. The van der Waals surface area contributed by atoms with E-state index in [0.29, 0.717) is 17.2 Å². The van der Waals surface area contributed by atoms with Crippen molar-refractivity contribution in [3.05, 3.63) is 11.3 Å². The molecule has 1 amide bonds. The summed E-state index contributed by atoms with van der Waals surface area (Å²) in [5.41, 5.74) is 0.0861. The molecule has 7 heteroatoms. The fourth-order valence-corrected chi connectivity index (χ4v) is 3.42. The molecule has 1 unspecified atom stereocenters. The molecule has 1 saturated heterocycles. The van der Waals surface area contributed by atoms with Gasteiger partial charge in [-0.25, -0.2) is 4.79 Å². The molecule has 1 atom stereocenters. The van der Waals surface area contributed by atoms with Crippen LogP contribution in [0.4, 0.5) is 5.00 Å².